The molecule has 1 aliphatic rings. The van der Waals surface area contributed by atoms with Crippen molar-refractivity contribution in [2.24, 2.45) is 5.84 Å². The molecule has 1 heterocycles. The molecule has 4 nitrogen and oxygen atoms in total. The highest BCUT2D eigenvalue weighted by molar-refractivity contribution is 5.68. The lowest BCUT2D eigenvalue weighted by Gasteiger charge is -2.37. The average molecular weight is 268 g/mol. The van der Waals surface area contributed by atoms with Crippen molar-refractivity contribution in [3.63, 3.8) is 0 Å². The predicted molar refractivity (Wildman–Crippen MR) is 84.4 cm³/mol. The second kappa shape index (κ2) is 5.06. The van der Waals surface area contributed by atoms with E-state index in [1.807, 2.05) is 36.4 Å². The molecule has 2 unspecified atom stereocenters. The summed E-state index contributed by atoms with van der Waals surface area (Å²) >= 11 is 0. The maximum Gasteiger partial charge on any atom is 0.0753 e. The molecular formula is C16H20N4. The van der Waals surface area contributed by atoms with E-state index in [4.69, 9.17) is 11.6 Å². The number of para-hydroxylation sites is 3. The van der Waals surface area contributed by atoms with Crippen LogP contribution in [0.4, 0.5) is 17.1 Å². The molecule has 2 atom stereocenters. The van der Waals surface area contributed by atoms with Crippen LogP contribution in [0.25, 0.3) is 0 Å². The number of nitrogen functional groups attached to an aromatic ring is 1. The molecule has 4 heteroatoms. The second-order valence-electron chi connectivity index (χ2n) is 5.35. The Labute approximate surface area is 119 Å². The first-order valence-electron chi connectivity index (χ1n) is 6.90. The molecule has 2 aromatic carbocycles. The van der Waals surface area contributed by atoms with E-state index in [9.17, 15) is 0 Å². The molecule has 3 rings (SSSR count). The van der Waals surface area contributed by atoms with Crippen LogP contribution >= 0.6 is 0 Å². The average Bonchev–Trinajstić information content (AvgIpc) is 2.46. The van der Waals surface area contributed by atoms with E-state index >= 15 is 0 Å². The zero-order valence-corrected chi connectivity index (χ0v) is 11.6. The summed E-state index contributed by atoms with van der Waals surface area (Å²) in [5.41, 5.74) is 10.0. The molecule has 0 aliphatic carbocycles. The lowest BCUT2D eigenvalue weighted by Crippen LogP contribution is -2.41. The molecule has 5 N–H and O–H groups in total. The summed E-state index contributed by atoms with van der Waals surface area (Å²) in [5.74, 6) is 6.37. The minimum atomic E-state index is 0.132. The van der Waals surface area contributed by atoms with Crippen molar-refractivity contribution < 1.29 is 0 Å². The van der Waals surface area contributed by atoms with Gasteiger partial charge in [0.15, 0.2) is 0 Å². The minimum absolute atomic E-state index is 0.132. The molecule has 104 valence electrons. The molecule has 20 heavy (non-hydrogen) atoms. The van der Waals surface area contributed by atoms with Crippen LogP contribution in [-0.2, 0) is 0 Å². The lowest BCUT2D eigenvalue weighted by atomic mass is 9.93. The van der Waals surface area contributed by atoms with Gasteiger partial charge in [-0.15, -0.1) is 0 Å². The molecule has 0 fully saturated rings. The number of benzene rings is 2. The number of anilines is 3. The van der Waals surface area contributed by atoms with Crippen LogP contribution in [0.2, 0.25) is 0 Å². The highest BCUT2D eigenvalue weighted by Crippen LogP contribution is 2.38. The number of hydrogen-bond donors (Lipinski definition) is 3. The Morgan fingerprint density at radius 3 is 2.60 bits per heavy atom. The number of nitrogens with one attached hydrogen (secondary N) is 1. The van der Waals surface area contributed by atoms with E-state index in [1.165, 1.54) is 5.56 Å². The summed E-state index contributed by atoms with van der Waals surface area (Å²) in [5, 5.41) is 5.29. The van der Waals surface area contributed by atoms with Crippen LogP contribution < -0.4 is 21.9 Å². The highest BCUT2D eigenvalue weighted by atomic mass is 15.4. The van der Waals surface area contributed by atoms with Crippen LogP contribution in [0, 0.1) is 0 Å². The predicted octanol–water partition coefficient (Wildman–Crippen LogP) is 2.89. The number of rotatable bonds is 2. The normalized spacial score (nSPS) is 20.9. The molecule has 0 radical (unpaired) electrons. The quantitative estimate of drug-likeness (QED) is 0.445. The first kappa shape index (κ1) is 12.8. The van der Waals surface area contributed by atoms with E-state index in [-0.39, 0.29) is 6.04 Å². The summed E-state index contributed by atoms with van der Waals surface area (Å²) in [7, 11) is 0. The van der Waals surface area contributed by atoms with Crippen molar-refractivity contribution in [1.29, 1.82) is 0 Å². The molecule has 1 aliphatic heterocycles. The van der Waals surface area contributed by atoms with Gasteiger partial charge in [-0.2, -0.15) is 0 Å². The standard InChI is InChI=1S/C16H20N4/c1-11-10-16(12-6-2-4-8-14(12)19-11)20(18)15-9-5-3-7-13(15)17/h2-9,11,16,19H,10,17-18H2,1H3. The van der Waals surface area contributed by atoms with Gasteiger partial charge in [-0.1, -0.05) is 30.3 Å². The summed E-state index contributed by atoms with van der Waals surface area (Å²) in [6.45, 7) is 2.17. The van der Waals surface area contributed by atoms with Crippen LogP contribution in [0.3, 0.4) is 0 Å². The zero-order valence-electron chi connectivity index (χ0n) is 11.6. The molecule has 0 spiro atoms. The van der Waals surface area contributed by atoms with Crippen LogP contribution in [-0.4, -0.2) is 6.04 Å². The minimum Gasteiger partial charge on any atom is -0.397 e. The molecule has 0 saturated carbocycles. The van der Waals surface area contributed by atoms with Gasteiger partial charge < -0.3 is 16.1 Å². The largest absolute Gasteiger partial charge is 0.397 e. The van der Waals surface area contributed by atoms with E-state index in [1.54, 1.807) is 5.01 Å². The Kier molecular flexibility index (Phi) is 3.24. The van der Waals surface area contributed by atoms with Crippen LogP contribution in [0.5, 0.6) is 0 Å². The fourth-order valence-electron chi connectivity index (χ4n) is 2.86. The summed E-state index contributed by atoms with van der Waals surface area (Å²) in [6.07, 6.45) is 0.946. The van der Waals surface area contributed by atoms with E-state index in [2.05, 4.69) is 24.4 Å². The van der Waals surface area contributed by atoms with Crippen molar-refractivity contribution in [1.82, 2.24) is 0 Å². The highest BCUT2D eigenvalue weighted by Gasteiger charge is 2.28. The van der Waals surface area contributed by atoms with Gasteiger partial charge >= 0.3 is 0 Å². The fraction of sp³-hybridized carbons (Fsp3) is 0.250. The molecular weight excluding hydrogens is 248 g/mol. The fourth-order valence-corrected chi connectivity index (χ4v) is 2.86. The van der Waals surface area contributed by atoms with E-state index in [0.717, 1.165) is 17.8 Å². The molecule has 0 aromatic heterocycles. The maximum absolute atomic E-state index is 6.37. The molecule has 0 saturated heterocycles. The lowest BCUT2D eigenvalue weighted by molar-refractivity contribution is 0.529. The van der Waals surface area contributed by atoms with Gasteiger partial charge in [0.05, 0.1) is 17.4 Å². The third-order valence-electron chi connectivity index (χ3n) is 3.85. The SMILES string of the molecule is CC1CC(N(N)c2ccccc2N)c2ccccc2N1. The van der Waals surface area contributed by atoms with Crippen molar-refractivity contribution in [2.45, 2.75) is 25.4 Å². The van der Waals surface area contributed by atoms with Gasteiger partial charge in [-0.05, 0) is 37.1 Å². The van der Waals surface area contributed by atoms with Crippen molar-refractivity contribution in [3.05, 3.63) is 54.1 Å². The smallest absolute Gasteiger partial charge is 0.0753 e. The van der Waals surface area contributed by atoms with E-state index in [0.29, 0.717) is 11.7 Å². The Hall–Kier alpha value is -2.20. The van der Waals surface area contributed by atoms with Crippen molar-refractivity contribution in [3.8, 4) is 0 Å². The zero-order chi connectivity index (χ0) is 14.1. The van der Waals surface area contributed by atoms with Crippen molar-refractivity contribution >= 4 is 17.1 Å². The number of fused-ring (bicyclic) bond motifs is 1. The molecule has 0 bridgehead atoms. The Balaban J connectivity index is 2.00. The Morgan fingerprint density at radius 1 is 1.10 bits per heavy atom. The number of hydrogen-bond acceptors (Lipinski definition) is 4. The summed E-state index contributed by atoms with van der Waals surface area (Å²) < 4.78 is 0. The topological polar surface area (TPSA) is 67.3 Å². The monoisotopic (exact) mass is 268 g/mol. The van der Waals surface area contributed by atoms with Gasteiger partial charge in [0.25, 0.3) is 0 Å². The third-order valence-corrected chi connectivity index (χ3v) is 3.85. The van der Waals surface area contributed by atoms with Crippen molar-refractivity contribution in [2.75, 3.05) is 16.1 Å². The van der Waals surface area contributed by atoms with Crippen LogP contribution in [0.15, 0.2) is 48.5 Å². The molecule has 2 aromatic rings. The Bertz CT molecular complexity index is 611. The third kappa shape index (κ3) is 2.18. The number of hydrazine groups is 1. The molecule has 0 amide bonds. The second-order valence-corrected chi connectivity index (χ2v) is 5.35. The first-order valence-corrected chi connectivity index (χ1v) is 6.90. The maximum atomic E-state index is 6.37. The van der Waals surface area contributed by atoms with E-state index < -0.39 is 0 Å². The van der Waals surface area contributed by atoms with Gasteiger partial charge in [0, 0.05) is 11.7 Å². The summed E-state index contributed by atoms with van der Waals surface area (Å²) in [6, 6.07) is 16.5. The van der Waals surface area contributed by atoms with Gasteiger partial charge in [0.1, 0.15) is 0 Å². The van der Waals surface area contributed by atoms with Gasteiger partial charge in [0.2, 0.25) is 0 Å². The number of nitrogens with zero attached hydrogens (tertiary/aromatic N) is 1. The Morgan fingerprint density at radius 2 is 1.80 bits per heavy atom. The summed E-state index contributed by atoms with van der Waals surface area (Å²) in [4.78, 5) is 0. The van der Waals surface area contributed by atoms with Crippen LogP contribution in [0.1, 0.15) is 24.9 Å². The van der Waals surface area contributed by atoms with Gasteiger partial charge in [-0.3, -0.25) is 0 Å². The first-order chi connectivity index (χ1) is 9.66. The number of nitrogens with two attached hydrogens (primary N) is 2. The van der Waals surface area contributed by atoms with Gasteiger partial charge in [-0.25, -0.2) is 5.84 Å².